The monoisotopic (exact) mass is 315 g/mol. The summed E-state index contributed by atoms with van der Waals surface area (Å²) in [6.45, 7) is 6.16. The van der Waals surface area contributed by atoms with Crippen molar-refractivity contribution in [2.75, 3.05) is 13.1 Å². The fraction of sp³-hybridized carbons (Fsp3) is 0.412. The summed E-state index contributed by atoms with van der Waals surface area (Å²) in [5, 5.41) is 21.3. The lowest BCUT2D eigenvalue weighted by Gasteiger charge is -2.34. The molecule has 0 spiro atoms. The third-order valence-electron chi connectivity index (χ3n) is 3.60. The van der Waals surface area contributed by atoms with Crippen molar-refractivity contribution < 1.29 is 5.11 Å². The smallest absolute Gasteiger partial charge is 0.104 e. The quantitative estimate of drug-likeness (QED) is 0.424. The van der Waals surface area contributed by atoms with Gasteiger partial charge in [0.25, 0.3) is 0 Å². The number of pyridine rings is 1. The van der Waals surface area contributed by atoms with Gasteiger partial charge in [-0.15, -0.1) is 0 Å². The van der Waals surface area contributed by atoms with Crippen LogP contribution in [0.2, 0.25) is 0 Å². The zero-order valence-electron chi connectivity index (χ0n) is 13.7. The summed E-state index contributed by atoms with van der Waals surface area (Å²) in [5.41, 5.74) is 4.27. The summed E-state index contributed by atoms with van der Waals surface area (Å²) in [6.07, 6.45) is 10.3. The van der Waals surface area contributed by atoms with E-state index in [4.69, 9.17) is 0 Å². The first-order valence-corrected chi connectivity index (χ1v) is 7.94. The van der Waals surface area contributed by atoms with E-state index in [0.29, 0.717) is 6.54 Å². The lowest BCUT2D eigenvalue weighted by Crippen LogP contribution is -2.55. The first-order chi connectivity index (χ1) is 11.2. The number of hydrogen-bond donors (Lipinski definition) is 4. The Bertz CT molecular complexity index is 570. The summed E-state index contributed by atoms with van der Waals surface area (Å²) in [6, 6.07) is 3.87. The van der Waals surface area contributed by atoms with Gasteiger partial charge in [-0.3, -0.25) is 4.98 Å². The molecule has 23 heavy (non-hydrogen) atoms. The zero-order valence-corrected chi connectivity index (χ0v) is 13.7. The Hall–Kier alpha value is -2.18. The Morgan fingerprint density at radius 2 is 2.26 bits per heavy atom. The van der Waals surface area contributed by atoms with E-state index >= 15 is 0 Å². The number of hydrogen-bond acceptors (Lipinski definition) is 6. The molecule has 124 valence electrons. The molecule has 0 amide bonds. The zero-order chi connectivity index (χ0) is 16.5. The molecule has 1 aliphatic carbocycles. The number of nitrogens with one attached hydrogen (secondary N) is 3. The van der Waals surface area contributed by atoms with Crippen LogP contribution in [0.15, 0.2) is 53.6 Å². The molecular weight excluding hydrogens is 290 g/mol. The van der Waals surface area contributed by atoms with E-state index in [2.05, 4.69) is 26.1 Å². The maximum absolute atomic E-state index is 10.5. The molecular formula is C17H25N5O. The van der Waals surface area contributed by atoms with Crippen molar-refractivity contribution in [1.29, 1.82) is 0 Å². The molecule has 1 aromatic heterocycles. The topological polar surface area (TPSA) is 81.6 Å². The molecule has 2 atom stereocenters. The Morgan fingerprint density at radius 1 is 1.39 bits per heavy atom. The summed E-state index contributed by atoms with van der Waals surface area (Å²) in [7, 11) is 0. The van der Waals surface area contributed by atoms with Crippen LogP contribution in [0, 0.1) is 0 Å². The van der Waals surface area contributed by atoms with Crippen molar-refractivity contribution >= 4 is 6.21 Å². The van der Waals surface area contributed by atoms with Crippen LogP contribution in [0.3, 0.4) is 0 Å². The molecule has 0 fully saturated rings. The van der Waals surface area contributed by atoms with E-state index in [0.717, 1.165) is 24.4 Å². The van der Waals surface area contributed by atoms with Crippen LogP contribution in [0.25, 0.3) is 0 Å². The number of hydrazone groups is 1. The van der Waals surface area contributed by atoms with E-state index in [-0.39, 0.29) is 0 Å². The predicted octanol–water partition coefficient (Wildman–Crippen LogP) is 0.929. The Kier molecular flexibility index (Phi) is 6.31. The molecule has 0 saturated carbocycles. The number of aromatic nitrogens is 1. The lowest BCUT2D eigenvalue weighted by molar-refractivity contribution is 0.165. The molecule has 2 unspecified atom stereocenters. The van der Waals surface area contributed by atoms with Gasteiger partial charge in [0.15, 0.2) is 0 Å². The van der Waals surface area contributed by atoms with Gasteiger partial charge in [-0.1, -0.05) is 19.1 Å². The van der Waals surface area contributed by atoms with Gasteiger partial charge in [0, 0.05) is 24.6 Å². The highest BCUT2D eigenvalue weighted by Crippen LogP contribution is 2.19. The fourth-order valence-corrected chi connectivity index (χ4v) is 2.44. The fourth-order valence-electron chi connectivity index (χ4n) is 2.44. The van der Waals surface area contributed by atoms with Gasteiger partial charge in [-0.2, -0.15) is 5.10 Å². The molecule has 0 aromatic carbocycles. The van der Waals surface area contributed by atoms with Crippen molar-refractivity contribution in [2.45, 2.75) is 32.0 Å². The molecule has 0 aliphatic heterocycles. The highest BCUT2D eigenvalue weighted by atomic mass is 16.3. The van der Waals surface area contributed by atoms with E-state index in [9.17, 15) is 5.11 Å². The lowest BCUT2D eigenvalue weighted by atomic mass is 9.88. The summed E-state index contributed by atoms with van der Waals surface area (Å²) in [4.78, 5) is 4.06. The van der Waals surface area contributed by atoms with Crippen LogP contribution < -0.4 is 16.1 Å². The van der Waals surface area contributed by atoms with Crippen LogP contribution in [0.5, 0.6) is 0 Å². The van der Waals surface area contributed by atoms with Crippen molar-refractivity contribution in [1.82, 2.24) is 21.0 Å². The Labute approximate surface area is 137 Å². The van der Waals surface area contributed by atoms with Gasteiger partial charge >= 0.3 is 0 Å². The average molecular weight is 315 g/mol. The second-order valence-electron chi connectivity index (χ2n) is 5.35. The van der Waals surface area contributed by atoms with Crippen LogP contribution in [0.4, 0.5) is 0 Å². The molecule has 0 bridgehead atoms. The average Bonchev–Trinajstić information content (AvgIpc) is 2.56. The maximum atomic E-state index is 10.5. The molecule has 6 heteroatoms. The molecule has 4 N–H and O–H groups in total. The normalized spacial score (nSPS) is 23.8. The number of rotatable bonds is 8. The highest BCUT2D eigenvalue weighted by Gasteiger charge is 2.34. The number of likely N-dealkylation sites (N-methyl/N-ethyl adjacent to an activating group) is 2. The number of allylic oxidation sites excluding steroid dienone is 1. The number of aliphatic hydroxyl groups is 1. The van der Waals surface area contributed by atoms with Gasteiger partial charge in [-0.25, -0.2) is 0 Å². The van der Waals surface area contributed by atoms with E-state index < -0.39 is 11.6 Å². The second kappa shape index (κ2) is 8.45. The van der Waals surface area contributed by atoms with Crippen molar-refractivity contribution in [2.24, 2.45) is 5.10 Å². The minimum Gasteiger partial charge on any atom is -0.386 e. The minimum absolute atomic E-state index is 0.588. The first-order valence-electron chi connectivity index (χ1n) is 7.94. The maximum Gasteiger partial charge on any atom is 0.104 e. The van der Waals surface area contributed by atoms with Crippen LogP contribution in [-0.4, -0.2) is 41.0 Å². The van der Waals surface area contributed by atoms with Crippen LogP contribution >= 0.6 is 0 Å². The van der Waals surface area contributed by atoms with Gasteiger partial charge < -0.3 is 21.2 Å². The molecule has 6 nitrogen and oxygen atoms in total. The summed E-state index contributed by atoms with van der Waals surface area (Å²) < 4.78 is 0. The SMILES string of the molecule is CCNC1=CC(O)C(C=NNCc2cccnc2)(NCC)C=C1. The van der Waals surface area contributed by atoms with E-state index in [1.807, 2.05) is 38.1 Å². The second-order valence-corrected chi connectivity index (χ2v) is 5.35. The Morgan fingerprint density at radius 3 is 2.91 bits per heavy atom. The van der Waals surface area contributed by atoms with Gasteiger partial charge in [0.05, 0.1) is 12.8 Å². The molecule has 0 radical (unpaired) electrons. The van der Waals surface area contributed by atoms with Crippen LogP contribution in [-0.2, 0) is 6.54 Å². The third-order valence-corrected chi connectivity index (χ3v) is 3.60. The van der Waals surface area contributed by atoms with Gasteiger partial charge in [0.2, 0.25) is 0 Å². The first kappa shape index (κ1) is 17.2. The van der Waals surface area contributed by atoms with Crippen LogP contribution in [0.1, 0.15) is 19.4 Å². The molecule has 0 saturated heterocycles. The van der Waals surface area contributed by atoms with E-state index in [1.165, 1.54) is 0 Å². The van der Waals surface area contributed by atoms with Crippen molar-refractivity contribution in [3.8, 4) is 0 Å². The van der Waals surface area contributed by atoms with Crippen molar-refractivity contribution in [3.05, 3.63) is 54.0 Å². The van der Waals surface area contributed by atoms with Gasteiger partial charge in [0.1, 0.15) is 11.6 Å². The number of aliphatic hydroxyl groups excluding tert-OH is 1. The summed E-state index contributed by atoms with van der Waals surface area (Å²) >= 11 is 0. The third kappa shape index (κ3) is 4.64. The van der Waals surface area contributed by atoms with Crippen molar-refractivity contribution in [3.63, 3.8) is 0 Å². The molecule has 1 aromatic rings. The minimum atomic E-state index is -0.699. The largest absolute Gasteiger partial charge is 0.386 e. The highest BCUT2D eigenvalue weighted by molar-refractivity contribution is 5.76. The molecule has 2 rings (SSSR count). The Balaban J connectivity index is 2.01. The predicted molar refractivity (Wildman–Crippen MR) is 92.9 cm³/mol. The van der Waals surface area contributed by atoms with E-state index in [1.54, 1.807) is 24.7 Å². The standard InChI is InChI=1S/C17H25N5O/c1-3-19-15-7-8-17(20-4-2,16(23)10-15)13-22-21-12-14-6-5-9-18-11-14/h5-11,13,16,19-21,23H,3-4,12H2,1-2H3. The summed E-state index contributed by atoms with van der Waals surface area (Å²) in [5.74, 6) is 0. The van der Waals surface area contributed by atoms with Gasteiger partial charge in [-0.05, 0) is 37.3 Å². The molecule has 1 heterocycles. The molecule has 1 aliphatic rings. The number of nitrogens with zero attached hydrogens (tertiary/aromatic N) is 2.